The number of aromatic nitrogens is 2. The van der Waals surface area contributed by atoms with Crippen LogP contribution < -0.4 is 10.6 Å². The number of hydrogen-bond donors (Lipinski definition) is 1. The lowest BCUT2D eigenvalue weighted by Gasteiger charge is -2.35. The number of methoxy groups -OCH3 is 2. The molecule has 0 bridgehead atoms. The number of nitrogens with zero attached hydrogens (tertiary/aromatic N) is 4. The van der Waals surface area contributed by atoms with E-state index in [1.54, 1.807) is 42.7 Å². The molecule has 2 heterocycles. The summed E-state index contributed by atoms with van der Waals surface area (Å²) in [6, 6.07) is 16.4. The first kappa shape index (κ1) is 23.6. The summed E-state index contributed by atoms with van der Waals surface area (Å²) in [5.41, 5.74) is 9.16. The predicted octanol–water partition coefficient (Wildman–Crippen LogP) is 3.34. The lowest BCUT2D eigenvalue weighted by Crippen LogP contribution is -2.40. The van der Waals surface area contributed by atoms with Crippen LogP contribution in [0.1, 0.15) is 24.8 Å². The van der Waals surface area contributed by atoms with E-state index >= 15 is 0 Å². The van der Waals surface area contributed by atoms with E-state index in [9.17, 15) is 14.9 Å². The molecule has 2 N–H and O–H groups in total. The van der Waals surface area contributed by atoms with E-state index in [2.05, 4.69) is 18.0 Å². The Bertz CT molecular complexity index is 1400. The first-order valence-electron chi connectivity index (χ1n) is 11.1. The van der Waals surface area contributed by atoms with Crippen molar-refractivity contribution in [1.82, 2.24) is 9.55 Å². The highest BCUT2D eigenvalue weighted by atomic mass is 16.5. The molecule has 35 heavy (non-hydrogen) atoms. The van der Waals surface area contributed by atoms with Crippen LogP contribution in [0.5, 0.6) is 0 Å². The lowest BCUT2D eigenvalue weighted by atomic mass is 9.81. The Balaban J connectivity index is 2.01. The van der Waals surface area contributed by atoms with Gasteiger partial charge in [-0.1, -0.05) is 37.3 Å². The Morgan fingerprint density at radius 1 is 1.11 bits per heavy atom. The van der Waals surface area contributed by atoms with Gasteiger partial charge in [-0.05, 0) is 30.2 Å². The van der Waals surface area contributed by atoms with E-state index in [0.717, 1.165) is 18.5 Å². The number of imidazole rings is 1. The van der Waals surface area contributed by atoms with Gasteiger partial charge in [0.25, 0.3) is 0 Å². The highest BCUT2D eigenvalue weighted by Crippen LogP contribution is 2.43. The summed E-state index contributed by atoms with van der Waals surface area (Å²) in [6.07, 6.45) is 2.69. The number of rotatable bonds is 6. The van der Waals surface area contributed by atoms with Gasteiger partial charge in [0.2, 0.25) is 0 Å². The van der Waals surface area contributed by atoms with Crippen LogP contribution in [-0.2, 0) is 25.6 Å². The van der Waals surface area contributed by atoms with Gasteiger partial charge >= 0.3 is 11.9 Å². The molecule has 0 amide bonds. The molecule has 9 nitrogen and oxygen atoms in total. The first-order chi connectivity index (χ1) is 17.0. The molecule has 9 heteroatoms. The smallest absolute Gasteiger partial charge is 0.355 e. The number of allylic oxidation sites excluding steroid dienone is 1. The number of nitrogens with two attached hydrogens (primary N) is 1. The monoisotopic (exact) mass is 471 g/mol. The van der Waals surface area contributed by atoms with Crippen molar-refractivity contribution >= 4 is 28.7 Å². The average Bonchev–Trinajstić information content (AvgIpc) is 3.29. The van der Waals surface area contributed by atoms with Crippen molar-refractivity contribution in [1.29, 1.82) is 5.26 Å². The van der Waals surface area contributed by atoms with Crippen LogP contribution in [0.4, 0.5) is 5.69 Å². The highest BCUT2D eigenvalue weighted by molar-refractivity contribution is 6.06. The van der Waals surface area contributed by atoms with Crippen molar-refractivity contribution in [3.8, 4) is 6.07 Å². The summed E-state index contributed by atoms with van der Waals surface area (Å²) in [5.74, 6) is -2.45. The molecule has 1 unspecified atom stereocenters. The fourth-order valence-electron chi connectivity index (χ4n) is 4.39. The van der Waals surface area contributed by atoms with Gasteiger partial charge in [0.05, 0.1) is 60.4 Å². The second-order valence-electron chi connectivity index (χ2n) is 7.95. The zero-order valence-electron chi connectivity index (χ0n) is 19.7. The van der Waals surface area contributed by atoms with E-state index in [1.807, 2.05) is 16.7 Å². The molecule has 2 aromatic carbocycles. The van der Waals surface area contributed by atoms with Gasteiger partial charge in [0.1, 0.15) is 11.5 Å². The summed E-state index contributed by atoms with van der Waals surface area (Å²) < 4.78 is 12.1. The largest absolute Gasteiger partial charge is 0.466 e. The van der Waals surface area contributed by atoms with Gasteiger partial charge in [-0.3, -0.25) is 4.90 Å². The minimum atomic E-state index is -0.911. The van der Waals surface area contributed by atoms with Crippen molar-refractivity contribution in [2.45, 2.75) is 25.8 Å². The molecular formula is C26H25N5O4. The van der Waals surface area contributed by atoms with Crippen LogP contribution in [0.2, 0.25) is 0 Å². The van der Waals surface area contributed by atoms with E-state index in [4.69, 9.17) is 15.2 Å². The number of hydrogen-bond acceptors (Lipinski definition) is 8. The van der Waals surface area contributed by atoms with Gasteiger partial charge < -0.3 is 19.8 Å². The minimum Gasteiger partial charge on any atom is -0.466 e. The van der Waals surface area contributed by atoms with Gasteiger partial charge in [0, 0.05) is 6.54 Å². The summed E-state index contributed by atoms with van der Waals surface area (Å²) in [6.45, 7) is 2.88. The third kappa shape index (κ3) is 3.99. The molecule has 0 radical (unpaired) electrons. The normalized spacial score (nSPS) is 15.8. The molecule has 0 aliphatic carbocycles. The van der Waals surface area contributed by atoms with Crippen LogP contribution in [0, 0.1) is 11.3 Å². The van der Waals surface area contributed by atoms with Gasteiger partial charge in [-0.2, -0.15) is 5.26 Å². The molecule has 4 rings (SSSR count). The van der Waals surface area contributed by atoms with Crippen molar-refractivity contribution in [2.75, 3.05) is 19.1 Å². The second-order valence-corrected chi connectivity index (χ2v) is 7.95. The maximum Gasteiger partial charge on any atom is 0.355 e. The molecule has 178 valence electrons. The van der Waals surface area contributed by atoms with E-state index in [-0.39, 0.29) is 22.7 Å². The first-order valence-corrected chi connectivity index (χ1v) is 11.1. The summed E-state index contributed by atoms with van der Waals surface area (Å²) >= 11 is 0. The quantitative estimate of drug-likeness (QED) is 0.543. The van der Waals surface area contributed by atoms with E-state index in [0.29, 0.717) is 16.8 Å². The number of esters is 2. The van der Waals surface area contributed by atoms with Crippen LogP contribution in [0.25, 0.3) is 11.0 Å². The predicted molar refractivity (Wildman–Crippen MR) is 130 cm³/mol. The maximum absolute atomic E-state index is 13.1. The number of carbonyl (C=O) groups excluding carboxylic acids is 2. The molecule has 1 aromatic heterocycles. The number of aryl methyl sites for hydroxylation is 1. The Labute approximate surface area is 202 Å². The zero-order chi connectivity index (χ0) is 25.1. The van der Waals surface area contributed by atoms with Crippen molar-refractivity contribution in [2.24, 2.45) is 5.73 Å². The fraction of sp³-hybridized carbons (Fsp3) is 0.231. The number of ether oxygens (including phenoxy) is 2. The third-order valence-electron chi connectivity index (χ3n) is 5.94. The molecule has 0 saturated carbocycles. The Morgan fingerprint density at radius 2 is 1.83 bits per heavy atom. The topological polar surface area (TPSA) is 123 Å². The molecule has 0 spiro atoms. The molecule has 1 aliphatic heterocycles. The van der Waals surface area contributed by atoms with E-state index in [1.165, 1.54) is 19.1 Å². The Morgan fingerprint density at radius 3 is 2.46 bits per heavy atom. The zero-order valence-corrected chi connectivity index (χ0v) is 19.7. The van der Waals surface area contributed by atoms with Crippen molar-refractivity contribution < 1.29 is 19.1 Å². The molecule has 0 fully saturated rings. The standard InChI is InChI=1S/C26H25N5O4/c1-4-12-30-15-29-19-13-17(10-11-20(19)30)31-23(26(33)35-3)22(25(32)34-2)21(18(14-27)24(31)28)16-8-6-5-7-9-16/h5-11,13,15,21H,4,12,28H2,1-3H3. The SMILES string of the molecule is CCCn1cnc2cc(N3C(N)=C(C#N)C(c4ccccc4)C(C(=O)OC)=C3C(=O)OC)ccc21. The number of fused-ring (bicyclic) bond motifs is 1. The molecule has 0 saturated heterocycles. The number of carbonyl (C=O) groups is 2. The Kier molecular flexibility index (Phi) is 6.55. The van der Waals surface area contributed by atoms with Crippen LogP contribution in [0.15, 0.2) is 77.5 Å². The van der Waals surface area contributed by atoms with Crippen molar-refractivity contribution in [3.05, 3.63) is 83.1 Å². The molecule has 1 atom stereocenters. The molecule has 1 aliphatic rings. The second kappa shape index (κ2) is 9.73. The highest BCUT2D eigenvalue weighted by Gasteiger charge is 2.43. The molecule has 3 aromatic rings. The van der Waals surface area contributed by atoms with Gasteiger partial charge in [-0.25, -0.2) is 14.6 Å². The maximum atomic E-state index is 13.1. The lowest BCUT2D eigenvalue weighted by molar-refractivity contribution is -0.139. The fourth-order valence-corrected chi connectivity index (χ4v) is 4.39. The van der Waals surface area contributed by atoms with Crippen LogP contribution in [0.3, 0.4) is 0 Å². The van der Waals surface area contributed by atoms with Gasteiger partial charge in [0.15, 0.2) is 0 Å². The summed E-state index contributed by atoms with van der Waals surface area (Å²) in [4.78, 5) is 32.1. The summed E-state index contributed by atoms with van der Waals surface area (Å²) in [7, 11) is 2.44. The minimum absolute atomic E-state index is 0.0155. The number of benzene rings is 2. The van der Waals surface area contributed by atoms with Crippen LogP contribution >= 0.6 is 0 Å². The third-order valence-corrected chi connectivity index (χ3v) is 5.94. The average molecular weight is 472 g/mol. The number of nitriles is 1. The van der Waals surface area contributed by atoms with Crippen molar-refractivity contribution in [3.63, 3.8) is 0 Å². The van der Waals surface area contributed by atoms with Gasteiger partial charge in [-0.15, -0.1) is 0 Å². The van der Waals surface area contributed by atoms with Crippen LogP contribution in [-0.4, -0.2) is 35.7 Å². The number of anilines is 1. The Hall–Kier alpha value is -4.58. The van der Waals surface area contributed by atoms with E-state index < -0.39 is 17.9 Å². The summed E-state index contributed by atoms with van der Waals surface area (Å²) in [5, 5.41) is 10.1. The molecular weight excluding hydrogens is 446 g/mol.